The molecule has 0 aliphatic heterocycles. The fourth-order valence-electron chi connectivity index (χ4n) is 2.74. The molecule has 1 aliphatic rings. The van der Waals surface area contributed by atoms with E-state index in [1.165, 1.54) is 0 Å². The third-order valence-corrected chi connectivity index (χ3v) is 5.11. The van der Waals surface area contributed by atoms with Crippen LogP contribution in [0.3, 0.4) is 0 Å². The highest BCUT2D eigenvalue weighted by molar-refractivity contribution is 7.90. The number of nitrogens with one attached hydrogen (secondary N) is 1. The van der Waals surface area contributed by atoms with Crippen molar-refractivity contribution in [1.29, 1.82) is 0 Å². The van der Waals surface area contributed by atoms with Crippen molar-refractivity contribution in [2.24, 2.45) is 5.41 Å². The second kappa shape index (κ2) is 6.70. The summed E-state index contributed by atoms with van der Waals surface area (Å²) in [5.41, 5.74) is 0.311. The molecule has 1 amide bonds. The molecule has 1 saturated carbocycles. The molecule has 7 heteroatoms. The van der Waals surface area contributed by atoms with Gasteiger partial charge in [-0.25, -0.2) is 13.2 Å². The van der Waals surface area contributed by atoms with Gasteiger partial charge >= 0.3 is 5.97 Å². The number of rotatable bonds is 8. The van der Waals surface area contributed by atoms with E-state index in [1.54, 1.807) is 24.3 Å². The van der Waals surface area contributed by atoms with E-state index >= 15 is 0 Å². The molecule has 0 radical (unpaired) electrons. The Morgan fingerprint density at radius 3 is 2.35 bits per heavy atom. The highest BCUT2D eigenvalue weighted by atomic mass is 32.2. The van der Waals surface area contributed by atoms with E-state index in [0.717, 1.165) is 11.8 Å². The molecular weight excluding hydrogens is 318 g/mol. The van der Waals surface area contributed by atoms with Crippen molar-refractivity contribution in [1.82, 2.24) is 5.32 Å². The summed E-state index contributed by atoms with van der Waals surface area (Å²) >= 11 is 0. The van der Waals surface area contributed by atoms with E-state index in [-0.39, 0.29) is 18.6 Å². The van der Waals surface area contributed by atoms with Crippen LogP contribution < -0.4 is 5.32 Å². The van der Waals surface area contributed by atoms with Gasteiger partial charge in [0.2, 0.25) is 5.91 Å². The Bertz CT molecular complexity index is 680. The third-order valence-electron chi connectivity index (χ3n) is 3.98. The first kappa shape index (κ1) is 17.5. The van der Waals surface area contributed by atoms with Crippen LogP contribution in [0.15, 0.2) is 30.3 Å². The second-order valence-electron chi connectivity index (χ2n) is 6.39. The highest BCUT2D eigenvalue weighted by Crippen LogP contribution is 2.49. The molecule has 126 valence electrons. The van der Waals surface area contributed by atoms with Crippen molar-refractivity contribution in [3.63, 3.8) is 0 Å². The van der Waals surface area contributed by atoms with E-state index in [1.807, 2.05) is 6.07 Å². The summed E-state index contributed by atoms with van der Waals surface area (Å²) < 4.78 is 22.8. The van der Waals surface area contributed by atoms with Crippen molar-refractivity contribution in [3.05, 3.63) is 35.9 Å². The number of hydrogen-bond donors (Lipinski definition) is 2. The van der Waals surface area contributed by atoms with Crippen LogP contribution in [0.1, 0.15) is 24.8 Å². The van der Waals surface area contributed by atoms with Gasteiger partial charge in [-0.15, -0.1) is 0 Å². The summed E-state index contributed by atoms with van der Waals surface area (Å²) in [6.45, 7) is 0. The first-order valence-electron chi connectivity index (χ1n) is 7.43. The van der Waals surface area contributed by atoms with Gasteiger partial charge < -0.3 is 10.4 Å². The molecule has 0 aromatic heterocycles. The Hall–Kier alpha value is -1.89. The van der Waals surface area contributed by atoms with Crippen LogP contribution in [0.5, 0.6) is 0 Å². The maximum atomic E-state index is 12.1. The molecule has 0 spiro atoms. The zero-order valence-electron chi connectivity index (χ0n) is 13.0. The van der Waals surface area contributed by atoms with Crippen LogP contribution in [0.25, 0.3) is 0 Å². The Balaban J connectivity index is 1.95. The number of amides is 1. The number of carbonyl (C=O) groups excluding carboxylic acids is 1. The SMILES string of the molecule is CS(=O)(=O)CC1(CC(=O)NC(Cc2ccccc2)C(=O)O)CC1. The summed E-state index contributed by atoms with van der Waals surface area (Å²) in [6.07, 6.45) is 2.77. The van der Waals surface area contributed by atoms with Crippen LogP contribution in [0.4, 0.5) is 0 Å². The maximum absolute atomic E-state index is 12.1. The number of aliphatic carboxylic acids is 1. The Morgan fingerprint density at radius 2 is 1.87 bits per heavy atom. The van der Waals surface area contributed by atoms with Gasteiger partial charge in [0, 0.05) is 19.1 Å². The number of hydrogen-bond acceptors (Lipinski definition) is 4. The van der Waals surface area contributed by atoms with Crippen LogP contribution in [0.2, 0.25) is 0 Å². The molecule has 1 atom stereocenters. The predicted molar refractivity (Wildman–Crippen MR) is 85.7 cm³/mol. The second-order valence-corrected chi connectivity index (χ2v) is 8.54. The lowest BCUT2D eigenvalue weighted by atomic mass is 10.0. The topological polar surface area (TPSA) is 101 Å². The lowest BCUT2D eigenvalue weighted by Gasteiger charge is -2.18. The summed E-state index contributed by atoms with van der Waals surface area (Å²) in [5, 5.41) is 11.8. The van der Waals surface area contributed by atoms with Gasteiger partial charge in [-0.05, 0) is 23.8 Å². The summed E-state index contributed by atoms with van der Waals surface area (Å²) in [4.78, 5) is 23.5. The van der Waals surface area contributed by atoms with Crippen LogP contribution in [-0.4, -0.2) is 43.5 Å². The Labute approximate surface area is 135 Å². The Kier molecular flexibility index (Phi) is 5.09. The van der Waals surface area contributed by atoms with Crippen LogP contribution in [-0.2, 0) is 25.8 Å². The summed E-state index contributed by atoms with van der Waals surface area (Å²) in [5.74, 6) is -1.53. The normalized spacial score (nSPS) is 17.3. The van der Waals surface area contributed by atoms with Crippen molar-refractivity contribution < 1.29 is 23.1 Å². The minimum Gasteiger partial charge on any atom is -0.480 e. The van der Waals surface area contributed by atoms with Crippen molar-refractivity contribution in [2.45, 2.75) is 31.7 Å². The molecule has 6 nitrogen and oxygen atoms in total. The van der Waals surface area contributed by atoms with Gasteiger partial charge in [-0.2, -0.15) is 0 Å². The van der Waals surface area contributed by atoms with Crippen molar-refractivity contribution in [2.75, 3.05) is 12.0 Å². The number of sulfone groups is 1. The number of carboxylic acids is 1. The average molecular weight is 339 g/mol. The maximum Gasteiger partial charge on any atom is 0.326 e. The third kappa shape index (κ3) is 5.67. The van der Waals surface area contributed by atoms with E-state index in [2.05, 4.69) is 5.32 Å². The smallest absolute Gasteiger partial charge is 0.326 e. The van der Waals surface area contributed by atoms with Gasteiger partial charge in [-0.1, -0.05) is 30.3 Å². The molecule has 1 aromatic carbocycles. The van der Waals surface area contributed by atoms with Gasteiger partial charge in [0.05, 0.1) is 5.75 Å². The van der Waals surface area contributed by atoms with Gasteiger partial charge in [0.15, 0.2) is 0 Å². The quantitative estimate of drug-likeness (QED) is 0.736. The Morgan fingerprint density at radius 1 is 1.26 bits per heavy atom. The van der Waals surface area contributed by atoms with E-state index < -0.39 is 33.2 Å². The minimum atomic E-state index is -3.15. The lowest BCUT2D eigenvalue weighted by Crippen LogP contribution is -2.43. The number of benzene rings is 1. The first-order valence-corrected chi connectivity index (χ1v) is 9.49. The molecule has 1 unspecified atom stereocenters. The molecule has 1 aliphatic carbocycles. The summed E-state index contributed by atoms with van der Waals surface area (Å²) in [6, 6.07) is 8.03. The molecule has 2 N–H and O–H groups in total. The molecular formula is C16H21NO5S. The van der Waals surface area contributed by atoms with Crippen LogP contribution in [0, 0.1) is 5.41 Å². The molecule has 0 saturated heterocycles. The number of carbonyl (C=O) groups is 2. The van der Waals surface area contributed by atoms with Gasteiger partial charge in [-0.3, -0.25) is 4.79 Å². The van der Waals surface area contributed by atoms with E-state index in [4.69, 9.17) is 0 Å². The average Bonchev–Trinajstić information content (AvgIpc) is 3.15. The van der Waals surface area contributed by atoms with Crippen molar-refractivity contribution >= 4 is 21.7 Å². The highest BCUT2D eigenvalue weighted by Gasteiger charge is 2.46. The molecule has 23 heavy (non-hydrogen) atoms. The van der Waals surface area contributed by atoms with E-state index in [0.29, 0.717) is 12.8 Å². The van der Waals surface area contributed by atoms with Gasteiger partial charge in [0.1, 0.15) is 15.9 Å². The molecule has 1 aromatic rings. The van der Waals surface area contributed by atoms with Gasteiger partial charge in [0.25, 0.3) is 0 Å². The predicted octanol–water partition coefficient (Wildman–Crippen LogP) is 1.01. The standard InChI is InChI=1S/C16H21NO5S/c1-23(21,22)11-16(7-8-16)10-14(18)17-13(15(19)20)9-12-5-3-2-4-6-12/h2-6,13H,7-11H2,1H3,(H,17,18)(H,19,20). The van der Waals surface area contributed by atoms with Crippen LogP contribution >= 0.6 is 0 Å². The number of carboxylic acid groups (broad SMARTS) is 1. The minimum absolute atomic E-state index is 0.0240. The fourth-order valence-corrected chi connectivity index (χ4v) is 4.24. The first-order chi connectivity index (χ1) is 10.7. The summed E-state index contributed by atoms with van der Waals surface area (Å²) in [7, 11) is -3.15. The molecule has 0 bridgehead atoms. The zero-order chi connectivity index (χ0) is 17.1. The molecule has 1 fully saturated rings. The largest absolute Gasteiger partial charge is 0.480 e. The molecule has 2 rings (SSSR count). The molecule has 0 heterocycles. The zero-order valence-corrected chi connectivity index (χ0v) is 13.8. The van der Waals surface area contributed by atoms with E-state index in [9.17, 15) is 23.1 Å². The van der Waals surface area contributed by atoms with Crippen molar-refractivity contribution in [3.8, 4) is 0 Å². The lowest BCUT2D eigenvalue weighted by molar-refractivity contribution is -0.142. The monoisotopic (exact) mass is 339 g/mol. The fraction of sp³-hybridized carbons (Fsp3) is 0.500.